The van der Waals surface area contributed by atoms with Crippen molar-refractivity contribution in [3.05, 3.63) is 35.9 Å². The topological polar surface area (TPSA) is 83.5 Å². The number of hydrogen-bond acceptors (Lipinski definition) is 5. The molecule has 0 radical (unpaired) electrons. The Balaban J connectivity index is -0.000000242. The molecule has 0 bridgehead atoms. The van der Waals surface area contributed by atoms with Crippen LogP contribution in [0.4, 0.5) is 0 Å². The summed E-state index contributed by atoms with van der Waals surface area (Å²) in [5.41, 5.74) is 1.24. The van der Waals surface area contributed by atoms with Crippen LogP contribution >= 0.6 is 0 Å². The van der Waals surface area contributed by atoms with Crippen molar-refractivity contribution in [2.45, 2.75) is 20.4 Å². The molecule has 5 nitrogen and oxygen atoms in total. The van der Waals surface area contributed by atoms with E-state index < -0.39 is 11.9 Å². The molecule has 1 rings (SSSR count). The minimum absolute atomic E-state index is 0. The smallest absolute Gasteiger partial charge is 0.550 e. The Bertz CT molecular complexity index is 322. The van der Waals surface area contributed by atoms with Gasteiger partial charge in [-0.2, -0.15) is 30.3 Å². The standard InChI is InChI=1S/C9H12N.2C2H4O2.Au/c1-10(2)8-9-6-4-3-5-7-9;2*1-2(3)4;/h3-6H,8H2,1-2H3;2*1H3,(H,3,4);/q-1;;;+3/p-2. The number of carbonyl (C=O) groups is 2. The molecule has 0 saturated heterocycles. The zero-order valence-corrected chi connectivity index (χ0v) is 13.6. The summed E-state index contributed by atoms with van der Waals surface area (Å²) in [4.78, 5) is 19.9. The van der Waals surface area contributed by atoms with Gasteiger partial charge in [0.15, 0.2) is 0 Å². The van der Waals surface area contributed by atoms with Crippen molar-refractivity contribution in [2.24, 2.45) is 0 Å². The van der Waals surface area contributed by atoms with Gasteiger partial charge in [-0.25, -0.2) is 0 Å². The molecule has 0 atom stereocenters. The summed E-state index contributed by atoms with van der Waals surface area (Å²) in [6.07, 6.45) is 0. The number of nitrogens with zero attached hydrogens (tertiary/aromatic N) is 1. The second-order valence-electron chi connectivity index (χ2n) is 3.61. The number of hydrogen-bond donors (Lipinski definition) is 0. The number of rotatable bonds is 2. The van der Waals surface area contributed by atoms with Gasteiger partial charge in [-0.1, -0.05) is 0 Å². The number of benzene rings is 1. The minimum atomic E-state index is -1.08. The third-order valence-corrected chi connectivity index (χ3v) is 1.26. The van der Waals surface area contributed by atoms with Gasteiger partial charge in [0.05, 0.1) is 0 Å². The number of aliphatic carboxylic acids is 2. The van der Waals surface area contributed by atoms with E-state index in [2.05, 4.69) is 31.1 Å². The first-order valence-corrected chi connectivity index (χ1v) is 5.21. The second kappa shape index (κ2) is 14.9. The van der Waals surface area contributed by atoms with Crippen LogP contribution in [0.15, 0.2) is 24.3 Å². The SMILES string of the molecule is CC(=O)[O-].CC(=O)[O-].CN(C)Cc1[c-]cccc1.[Au+3]. The van der Waals surface area contributed by atoms with Crippen molar-refractivity contribution in [3.8, 4) is 0 Å². The van der Waals surface area contributed by atoms with E-state index in [1.165, 1.54) is 5.56 Å². The molecule has 0 spiro atoms. The van der Waals surface area contributed by atoms with E-state index in [0.717, 1.165) is 20.4 Å². The number of carboxylic acid groups (broad SMARTS) is 2. The van der Waals surface area contributed by atoms with Crippen LogP contribution in [-0.2, 0) is 38.5 Å². The van der Waals surface area contributed by atoms with Gasteiger partial charge in [0, 0.05) is 18.5 Å². The van der Waals surface area contributed by atoms with Crippen molar-refractivity contribution in [2.75, 3.05) is 14.1 Å². The molecule has 0 aliphatic heterocycles. The van der Waals surface area contributed by atoms with Crippen molar-refractivity contribution in [1.82, 2.24) is 4.90 Å². The maximum atomic E-state index is 8.89. The van der Waals surface area contributed by atoms with E-state index in [9.17, 15) is 0 Å². The first-order valence-electron chi connectivity index (χ1n) is 5.21. The zero-order chi connectivity index (χ0) is 14.6. The molecule has 0 aromatic heterocycles. The fourth-order valence-corrected chi connectivity index (χ4v) is 0.870. The summed E-state index contributed by atoms with van der Waals surface area (Å²) in [6.45, 7) is 2.92. The number of carbonyl (C=O) groups excluding carboxylic acids is 2. The largest absolute Gasteiger partial charge is 3.00 e. The minimum Gasteiger partial charge on any atom is -0.550 e. The average molecular weight is 449 g/mol. The van der Waals surface area contributed by atoms with Crippen LogP contribution in [0.5, 0.6) is 0 Å². The van der Waals surface area contributed by atoms with E-state index in [4.69, 9.17) is 19.8 Å². The molecular formula is C13H18AuNO4. The first kappa shape index (κ1) is 23.0. The molecule has 0 fully saturated rings. The van der Waals surface area contributed by atoms with E-state index in [-0.39, 0.29) is 22.4 Å². The molecule has 0 heterocycles. The maximum absolute atomic E-state index is 8.89. The molecule has 0 aliphatic rings. The summed E-state index contributed by atoms with van der Waals surface area (Å²) in [6, 6.07) is 11.2. The molecular weight excluding hydrogens is 431 g/mol. The predicted molar refractivity (Wildman–Crippen MR) is 64.0 cm³/mol. The average Bonchev–Trinajstić information content (AvgIpc) is 2.16. The van der Waals surface area contributed by atoms with E-state index in [0.29, 0.717) is 0 Å². The Morgan fingerprint density at radius 1 is 1.16 bits per heavy atom. The maximum Gasteiger partial charge on any atom is 3.00 e. The zero-order valence-electron chi connectivity index (χ0n) is 11.4. The molecule has 0 aliphatic carbocycles. The Hall–Kier alpha value is -1.14. The van der Waals surface area contributed by atoms with Gasteiger partial charge in [-0.15, -0.1) is 5.56 Å². The summed E-state index contributed by atoms with van der Waals surface area (Å²) in [7, 11) is 4.11. The molecule has 6 heteroatoms. The summed E-state index contributed by atoms with van der Waals surface area (Å²) < 4.78 is 0. The van der Waals surface area contributed by atoms with Crippen LogP contribution in [0.3, 0.4) is 0 Å². The predicted octanol–water partition coefficient (Wildman–Crippen LogP) is -0.942. The van der Waals surface area contributed by atoms with Crippen molar-refractivity contribution >= 4 is 11.9 Å². The van der Waals surface area contributed by atoms with E-state index >= 15 is 0 Å². The van der Waals surface area contributed by atoms with Gasteiger partial charge in [0.25, 0.3) is 0 Å². The third kappa shape index (κ3) is 31.6. The van der Waals surface area contributed by atoms with E-state index in [1.54, 1.807) is 0 Å². The van der Waals surface area contributed by atoms with Crippen LogP contribution in [0.25, 0.3) is 0 Å². The van der Waals surface area contributed by atoms with Crippen molar-refractivity contribution in [3.63, 3.8) is 0 Å². The van der Waals surface area contributed by atoms with Crippen LogP contribution in [0.1, 0.15) is 19.4 Å². The second-order valence-corrected chi connectivity index (χ2v) is 3.61. The van der Waals surface area contributed by atoms with Crippen LogP contribution in [-0.4, -0.2) is 30.9 Å². The van der Waals surface area contributed by atoms with Gasteiger partial charge in [-0.05, 0) is 27.9 Å². The summed E-state index contributed by atoms with van der Waals surface area (Å²) >= 11 is 0. The molecule has 0 saturated carbocycles. The van der Waals surface area contributed by atoms with Crippen LogP contribution in [0.2, 0.25) is 0 Å². The third-order valence-electron chi connectivity index (χ3n) is 1.26. The molecule has 1 aromatic rings. The molecule has 110 valence electrons. The fourth-order valence-electron chi connectivity index (χ4n) is 0.870. The molecule has 1 aromatic carbocycles. The first-order chi connectivity index (χ1) is 8.25. The Morgan fingerprint density at radius 3 is 1.84 bits per heavy atom. The summed E-state index contributed by atoms with van der Waals surface area (Å²) in [5, 5.41) is 17.8. The molecule has 0 unspecified atom stereocenters. The number of carboxylic acids is 2. The Morgan fingerprint density at radius 2 is 1.58 bits per heavy atom. The fraction of sp³-hybridized carbons (Fsp3) is 0.385. The van der Waals surface area contributed by atoms with Crippen molar-refractivity contribution < 1.29 is 42.2 Å². The normalized spacial score (nSPS) is 8.05. The van der Waals surface area contributed by atoms with Gasteiger partial charge in [0.2, 0.25) is 0 Å². The van der Waals surface area contributed by atoms with Crippen molar-refractivity contribution in [1.29, 1.82) is 0 Å². The Labute approximate surface area is 129 Å². The molecule has 0 amide bonds. The van der Waals surface area contributed by atoms with Gasteiger partial charge in [-0.3, -0.25) is 0 Å². The monoisotopic (exact) mass is 449 g/mol. The summed E-state index contributed by atoms with van der Waals surface area (Å²) in [5.74, 6) is -2.17. The quantitative estimate of drug-likeness (QED) is 0.430. The molecule has 19 heavy (non-hydrogen) atoms. The van der Waals surface area contributed by atoms with Crippen LogP contribution < -0.4 is 10.2 Å². The van der Waals surface area contributed by atoms with Gasteiger partial charge < -0.3 is 24.7 Å². The van der Waals surface area contributed by atoms with E-state index in [1.807, 2.05) is 18.2 Å². The Kier molecular flexibility index (Phi) is 18.1. The molecule has 0 N–H and O–H groups in total. The van der Waals surface area contributed by atoms with Gasteiger partial charge in [0.1, 0.15) is 0 Å². The van der Waals surface area contributed by atoms with Gasteiger partial charge >= 0.3 is 22.4 Å². The van der Waals surface area contributed by atoms with Crippen LogP contribution in [0, 0.1) is 6.07 Å².